The fourth-order valence-electron chi connectivity index (χ4n) is 0.749. The van der Waals surface area contributed by atoms with E-state index in [1.54, 1.807) is 6.07 Å². The highest BCUT2D eigenvalue weighted by Gasteiger charge is 1.97. The van der Waals surface area contributed by atoms with Crippen LogP contribution in [0.5, 0.6) is 0 Å². The molecule has 1 rings (SSSR count). The molecule has 0 bridgehead atoms. The number of nitrogens with zero attached hydrogens (tertiary/aromatic N) is 1. The first-order valence-corrected chi connectivity index (χ1v) is 3.39. The van der Waals surface area contributed by atoms with Crippen molar-refractivity contribution in [2.75, 3.05) is 0 Å². The Morgan fingerprint density at radius 1 is 1.50 bits per heavy atom. The summed E-state index contributed by atoms with van der Waals surface area (Å²) in [7, 11) is 0. The standard InChI is InChI=1S/C8H7NS/c1-6-3-2-4-7(5-9)8(6)10/h2-4,10H,1H3. The maximum atomic E-state index is 8.54. The lowest BCUT2D eigenvalue weighted by Crippen LogP contribution is -1.80. The lowest BCUT2D eigenvalue weighted by atomic mass is 10.1. The van der Waals surface area contributed by atoms with Gasteiger partial charge >= 0.3 is 0 Å². The number of thiol groups is 1. The molecule has 0 N–H and O–H groups in total. The highest BCUT2D eigenvalue weighted by molar-refractivity contribution is 7.80. The maximum Gasteiger partial charge on any atom is 0.100 e. The molecule has 0 aromatic heterocycles. The maximum absolute atomic E-state index is 8.54. The van der Waals surface area contributed by atoms with Gasteiger partial charge in [-0.15, -0.1) is 12.6 Å². The van der Waals surface area contributed by atoms with Crippen molar-refractivity contribution in [2.45, 2.75) is 11.8 Å². The molecule has 10 heavy (non-hydrogen) atoms. The molecular formula is C8H7NS. The second-order valence-electron chi connectivity index (χ2n) is 2.08. The molecule has 0 aliphatic rings. The van der Waals surface area contributed by atoms with Crippen molar-refractivity contribution in [1.29, 1.82) is 5.26 Å². The van der Waals surface area contributed by atoms with Crippen molar-refractivity contribution in [3.63, 3.8) is 0 Å². The molecule has 1 aromatic carbocycles. The highest BCUT2D eigenvalue weighted by Crippen LogP contribution is 2.16. The van der Waals surface area contributed by atoms with E-state index in [-0.39, 0.29) is 0 Å². The molecule has 0 heterocycles. The lowest BCUT2D eigenvalue weighted by Gasteiger charge is -1.97. The third kappa shape index (κ3) is 1.14. The van der Waals surface area contributed by atoms with Crippen LogP contribution in [0.1, 0.15) is 11.1 Å². The summed E-state index contributed by atoms with van der Waals surface area (Å²) in [5, 5.41) is 8.54. The van der Waals surface area contributed by atoms with Gasteiger partial charge in [-0.3, -0.25) is 0 Å². The van der Waals surface area contributed by atoms with Crippen LogP contribution in [0.3, 0.4) is 0 Å². The highest BCUT2D eigenvalue weighted by atomic mass is 32.1. The van der Waals surface area contributed by atoms with Crippen molar-refractivity contribution < 1.29 is 0 Å². The zero-order valence-electron chi connectivity index (χ0n) is 5.63. The molecular weight excluding hydrogens is 142 g/mol. The average Bonchev–Trinajstić information content (AvgIpc) is 1.95. The summed E-state index contributed by atoms with van der Waals surface area (Å²) in [6.07, 6.45) is 0. The summed E-state index contributed by atoms with van der Waals surface area (Å²) < 4.78 is 0. The zero-order chi connectivity index (χ0) is 7.56. The second-order valence-corrected chi connectivity index (χ2v) is 2.53. The molecule has 1 aromatic rings. The van der Waals surface area contributed by atoms with Crippen molar-refractivity contribution in [1.82, 2.24) is 0 Å². The molecule has 2 heteroatoms. The Bertz CT molecular complexity index is 286. The van der Waals surface area contributed by atoms with Crippen LogP contribution in [-0.2, 0) is 0 Å². The Hall–Kier alpha value is -0.940. The van der Waals surface area contributed by atoms with Crippen molar-refractivity contribution in [2.24, 2.45) is 0 Å². The fourth-order valence-corrected chi connectivity index (χ4v) is 0.948. The molecule has 0 radical (unpaired) electrons. The van der Waals surface area contributed by atoms with Crippen LogP contribution in [0.15, 0.2) is 23.1 Å². The summed E-state index contributed by atoms with van der Waals surface area (Å²) >= 11 is 4.17. The largest absolute Gasteiger partial charge is 0.192 e. The average molecular weight is 149 g/mol. The van der Waals surface area contributed by atoms with Gasteiger partial charge in [0.15, 0.2) is 0 Å². The molecule has 50 valence electrons. The van der Waals surface area contributed by atoms with Crippen molar-refractivity contribution >= 4 is 12.6 Å². The summed E-state index contributed by atoms with van der Waals surface area (Å²) in [6.45, 7) is 1.93. The van der Waals surface area contributed by atoms with E-state index in [2.05, 4.69) is 18.7 Å². The zero-order valence-corrected chi connectivity index (χ0v) is 6.52. The molecule has 0 atom stereocenters. The Balaban J connectivity index is 3.31. The van der Waals surface area contributed by atoms with Crippen LogP contribution >= 0.6 is 12.6 Å². The van der Waals surface area contributed by atoms with Gasteiger partial charge in [-0.05, 0) is 18.6 Å². The van der Waals surface area contributed by atoms with Gasteiger partial charge in [-0.1, -0.05) is 12.1 Å². The molecule has 0 spiro atoms. The Morgan fingerprint density at radius 3 is 2.70 bits per heavy atom. The van der Waals surface area contributed by atoms with Crippen LogP contribution in [0.4, 0.5) is 0 Å². The number of hydrogen-bond acceptors (Lipinski definition) is 2. The second kappa shape index (κ2) is 2.76. The fraction of sp³-hybridized carbons (Fsp3) is 0.125. The SMILES string of the molecule is Cc1cccc(C#N)c1S. The normalized spacial score (nSPS) is 8.90. The minimum Gasteiger partial charge on any atom is -0.192 e. The molecule has 0 saturated carbocycles. The Labute approximate surface area is 65.7 Å². The Kier molecular flexibility index (Phi) is 1.98. The third-order valence-electron chi connectivity index (χ3n) is 1.36. The molecule has 0 saturated heterocycles. The summed E-state index contributed by atoms with van der Waals surface area (Å²) in [5.41, 5.74) is 1.69. The number of hydrogen-bond donors (Lipinski definition) is 1. The van der Waals surface area contributed by atoms with Gasteiger partial charge in [0, 0.05) is 4.90 Å². The topological polar surface area (TPSA) is 23.8 Å². The first-order valence-electron chi connectivity index (χ1n) is 2.94. The van der Waals surface area contributed by atoms with Gasteiger partial charge in [-0.2, -0.15) is 5.26 Å². The third-order valence-corrected chi connectivity index (χ3v) is 1.95. The molecule has 0 unspecified atom stereocenters. The van der Waals surface area contributed by atoms with Crippen LogP contribution in [-0.4, -0.2) is 0 Å². The summed E-state index contributed by atoms with van der Waals surface area (Å²) in [5.74, 6) is 0. The van der Waals surface area contributed by atoms with Gasteiger partial charge in [-0.25, -0.2) is 0 Å². The number of rotatable bonds is 0. The molecule has 0 aliphatic carbocycles. The summed E-state index contributed by atoms with van der Waals surface area (Å²) in [6, 6.07) is 7.61. The van der Waals surface area contributed by atoms with Crippen molar-refractivity contribution in [3.05, 3.63) is 29.3 Å². The van der Waals surface area contributed by atoms with Gasteiger partial charge in [0.05, 0.1) is 5.56 Å². The minimum absolute atomic E-state index is 0.642. The van der Waals surface area contributed by atoms with Crippen LogP contribution < -0.4 is 0 Å². The van der Waals surface area contributed by atoms with Crippen LogP contribution in [0.25, 0.3) is 0 Å². The minimum atomic E-state index is 0.642. The van der Waals surface area contributed by atoms with E-state index in [4.69, 9.17) is 5.26 Å². The smallest absolute Gasteiger partial charge is 0.100 e. The van der Waals surface area contributed by atoms with Crippen LogP contribution in [0.2, 0.25) is 0 Å². The number of benzene rings is 1. The lowest BCUT2D eigenvalue weighted by molar-refractivity contribution is 1.27. The van der Waals surface area contributed by atoms with Gasteiger partial charge in [0.25, 0.3) is 0 Å². The first kappa shape index (κ1) is 7.17. The van der Waals surface area contributed by atoms with E-state index in [1.807, 2.05) is 19.1 Å². The predicted octanol–water partition coefficient (Wildman–Crippen LogP) is 2.16. The first-order chi connectivity index (χ1) is 4.75. The molecule has 0 fully saturated rings. The van der Waals surface area contributed by atoms with E-state index >= 15 is 0 Å². The van der Waals surface area contributed by atoms with Crippen molar-refractivity contribution in [3.8, 4) is 6.07 Å². The number of aryl methyl sites for hydroxylation is 1. The molecule has 0 amide bonds. The number of nitriles is 1. The molecule has 0 aliphatic heterocycles. The van der Waals surface area contributed by atoms with Gasteiger partial charge in [0.1, 0.15) is 6.07 Å². The van der Waals surface area contributed by atoms with E-state index < -0.39 is 0 Å². The van der Waals surface area contributed by atoms with E-state index in [1.165, 1.54) is 0 Å². The van der Waals surface area contributed by atoms with Gasteiger partial charge in [0.2, 0.25) is 0 Å². The molecule has 1 nitrogen and oxygen atoms in total. The van der Waals surface area contributed by atoms with Crippen LogP contribution in [0, 0.1) is 18.3 Å². The van der Waals surface area contributed by atoms with Gasteiger partial charge < -0.3 is 0 Å². The quantitative estimate of drug-likeness (QED) is 0.561. The van der Waals surface area contributed by atoms with E-state index in [0.717, 1.165) is 10.5 Å². The Morgan fingerprint density at radius 2 is 2.20 bits per heavy atom. The predicted molar refractivity (Wildman–Crippen MR) is 43.1 cm³/mol. The van der Waals surface area contributed by atoms with E-state index in [9.17, 15) is 0 Å². The monoisotopic (exact) mass is 149 g/mol. The summed E-state index contributed by atoms with van der Waals surface area (Å²) in [4.78, 5) is 0.782. The van der Waals surface area contributed by atoms with E-state index in [0.29, 0.717) is 5.56 Å².